The number of carbonyl (C=O) groups is 1. The van der Waals surface area contributed by atoms with Crippen molar-refractivity contribution in [3.63, 3.8) is 0 Å². The number of para-hydroxylation sites is 2. The van der Waals surface area contributed by atoms with Crippen molar-refractivity contribution in [1.29, 1.82) is 0 Å². The fraction of sp³-hybridized carbons (Fsp3) is 0.211. The van der Waals surface area contributed by atoms with Crippen molar-refractivity contribution in [2.45, 2.75) is 19.3 Å². The fourth-order valence-electron chi connectivity index (χ4n) is 2.19. The van der Waals surface area contributed by atoms with E-state index in [0.29, 0.717) is 5.75 Å². The molecule has 1 amide bonds. The standard InChI is InChI=1S/C19H19NO2/c1-3-4-6-11-16-12-9-10-15-18(16)20(2)19(21)22-17-13-7-5-8-14-17/h1,5,7-10,12-15H,4,6,11H2,2H3. The van der Waals surface area contributed by atoms with Gasteiger partial charge in [-0.1, -0.05) is 36.4 Å². The van der Waals surface area contributed by atoms with Crippen molar-refractivity contribution in [3.05, 3.63) is 60.2 Å². The number of benzene rings is 2. The molecule has 3 heteroatoms. The van der Waals surface area contributed by atoms with Crippen LogP contribution in [0.15, 0.2) is 54.6 Å². The lowest BCUT2D eigenvalue weighted by atomic mass is 10.1. The third-order valence-corrected chi connectivity index (χ3v) is 3.34. The molecule has 0 unspecified atom stereocenters. The number of unbranched alkanes of at least 4 members (excludes halogenated alkanes) is 1. The van der Waals surface area contributed by atoms with Crippen molar-refractivity contribution < 1.29 is 9.53 Å². The van der Waals surface area contributed by atoms with Crippen LogP contribution in [0.3, 0.4) is 0 Å². The van der Waals surface area contributed by atoms with E-state index in [2.05, 4.69) is 5.92 Å². The topological polar surface area (TPSA) is 29.5 Å². The molecule has 112 valence electrons. The first-order valence-corrected chi connectivity index (χ1v) is 7.24. The first kappa shape index (κ1) is 15.7. The van der Waals surface area contributed by atoms with Crippen LogP contribution in [-0.4, -0.2) is 13.1 Å². The average molecular weight is 293 g/mol. The van der Waals surface area contributed by atoms with Crippen molar-refractivity contribution in [2.24, 2.45) is 0 Å². The number of hydrogen-bond acceptors (Lipinski definition) is 2. The summed E-state index contributed by atoms with van der Waals surface area (Å²) in [5.41, 5.74) is 1.94. The molecule has 0 spiro atoms. The highest BCUT2D eigenvalue weighted by Crippen LogP contribution is 2.22. The van der Waals surface area contributed by atoms with Gasteiger partial charge in [-0.25, -0.2) is 4.79 Å². The first-order chi connectivity index (χ1) is 10.7. The van der Waals surface area contributed by atoms with Crippen LogP contribution in [0.1, 0.15) is 18.4 Å². The van der Waals surface area contributed by atoms with E-state index in [1.165, 1.54) is 4.90 Å². The summed E-state index contributed by atoms with van der Waals surface area (Å²) in [6, 6.07) is 16.8. The molecule has 2 rings (SSSR count). The second-order valence-electron chi connectivity index (χ2n) is 4.93. The Morgan fingerprint density at radius 1 is 1.14 bits per heavy atom. The number of aryl methyl sites for hydroxylation is 1. The highest BCUT2D eigenvalue weighted by Gasteiger charge is 2.16. The summed E-state index contributed by atoms with van der Waals surface area (Å²) in [5.74, 6) is 3.17. The Morgan fingerprint density at radius 2 is 1.82 bits per heavy atom. The van der Waals surface area contributed by atoms with Crippen LogP contribution >= 0.6 is 0 Å². The van der Waals surface area contributed by atoms with Gasteiger partial charge in [0.2, 0.25) is 0 Å². The predicted molar refractivity (Wildman–Crippen MR) is 89.1 cm³/mol. The summed E-state index contributed by atoms with van der Waals surface area (Å²) in [7, 11) is 1.71. The summed E-state index contributed by atoms with van der Waals surface area (Å²) in [4.78, 5) is 13.8. The summed E-state index contributed by atoms with van der Waals surface area (Å²) >= 11 is 0. The molecule has 0 aliphatic heterocycles. The summed E-state index contributed by atoms with van der Waals surface area (Å²) in [6.45, 7) is 0. The molecule has 0 aromatic heterocycles. The number of terminal acetylenes is 1. The maximum absolute atomic E-state index is 12.3. The average Bonchev–Trinajstić information content (AvgIpc) is 2.56. The van der Waals surface area contributed by atoms with Crippen LogP contribution in [-0.2, 0) is 6.42 Å². The maximum atomic E-state index is 12.3. The van der Waals surface area contributed by atoms with Gasteiger partial charge in [0, 0.05) is 19.2 Å². The van der Waals surface area contributed by atoms with Crippen LogP contribution in [0, 0.1) is 12.3 Å². The Labute approximate surface area is 131 Å². The number of rotatable bonds is 5. The summed E-state index contributed by atoms with van der Waals surface area (Å²) < 4.78 is 5.37. The smallest absolute Gasteiger partial charge is 0.410 e. The van der Waals surface area contributed by atoms with Gasteiger partial charge in [-0.3, -0.25) is 4.90 Å². The lowest BCUT2D eigenvalue weighted by Gasteiger charge is -2.20. The molecule has 0 aliphatic rings. The molecule has 3 nitrogen and oxygen atoms in total. The van der Waals surface area contributed by atoms with E-state index in [9.17, 15) is 4.79 Å². The number of nitrogens with zero attached hydrogens (tertiary/aromatic N) is 1. The van der Waals surface area contributed by atoms with Crippen LogP contribution in [0.25, 0.3) is 0 Å². The summed E-state index contributed by atoms with van der Waals surface area (Å²) in [5, 5.41) is 0. The molecule has 0 aliphatic carbocycles. The monoisotopic (exact) mass is 293 g/mol. The molecule has 2 aromatic rings. The minimum Gasteiger partial charge on any atom is -0.410 e. The van der Waals surface area contributed by atoms with E-state index in [0.717, 1.165) is 30.5 Å². The third-order valence-electron chi connectivity index (χ3n) is 3.34. The Bertz CT molecular complexity index is 659. The van der Waals surface area contributed by atoms with E-state index < -0.39 is 6.09 Å². The zero-order valence-electron chi connectivity index (χ0n) is 12.7. The van der Waals surface area contributed by atoms with E-state index >= 15 is 0 Å². The number of ether oxygens (including phenoxy) is 1. The zero-order valence-corrected chi connectivity index (χ0v) is 12.7. The lowest BCUT2D eigenvalue weighted by Crippen LogP contribution is -2.30. The Kier molecular flexibility index (Phi) is 5.62. The quantitative estimate of drug-likeness (QED) is 0.608. The van der Waals surface area contributed by atoms with Crippen molar-refractivity contribution in [3.8, 4) is 18.1 Å². The number of anilines is 1. The third kappa shape index (κ3) is 4.13. The summed E-state index contributed by atoms with van der Waals surface area (Å²) in [6.07, 6.45) is 7.35. The van der Waals surface area contributed by atoms with E-state index in [-0.39, 0.29) is 0 Å². The molecule has 0 bridgehead atoms. The second-order valence-corrected chi connectivity index (χ2v) is 4.93. The van der Waals surface area contributed by atoms with Gasteiger partial charge in [0.25, 0.3) is 0 Å². The first-order valence-electron chi connectivity index (χ1n) is 7.24. The molecule has 0 N–H and O–H groups in total. The molecular weight excluding hydrogens is 274 g/mol. The van der Waals surface area contributed by atoms with Gasteiger partial charge < -0.3 is 4.74 Å². The van der Waals surface area contributed by atoms with Gasteiger partial charge >= 0.3 is 6.09 Å². The largest absolute Gasteiger partial charge is 0.419 e. The van der Waals surface area contributed by atoms with Gasteiger partial charge in [0.05, 0.1) is 0 Å². The van der Waals surface area contributed by atoms with Gasteiger partial charge in [-0.15, -0.1) is 12.3 Å². The number of carbonyl (C=O) groups excluding carboxylic acids is 1. The van der Waals surface area contributed by atoms with Gasteiger partial charge in [0.1, 0.15) is 5.75 Å². The maximum Gasteiger partial charge on any atom is 0.419 e. The van der Waals surface area contributed by atoms with E-state index in [1.807, 2.05) is 42.5 Å². The van der Waals surface area contributed by atoms with Gasteiger partial charge in [-0.05, 0) is 36.6 Å². The molecule has 0 saturated heterocycles. The van der Waals surface area contributed by atoms with Crippen LogP contribution < -0.4 is 9.64 Å². The molecule has 0 radical (unpaired) electrons. The fourth-order valence-corrected chi connectivity index (χ4v) is 2.19. The minimum atomic E-state index is -0.407. The SMILES string of the molecule is C#CCCCc1ccccc1N(C)C(=O)Oc1ccccc1. The minimum absolute atomic E-state index is 0.407. The molecular formula is C19H19NO2. The van der Waals surface area contributed by atoms with E-state index in [1.54, 1.807) is 19.2 Å². The van der Waals surface area contributed by atoms with Gasteiger partial charge in [0.15, 0.2) is 0 Å². The zero-order chi connectivity index (χ0) is 15.8. The van der Waals surface area contributed by atoms with Crippen molar-refractivity contribution >= 4 is 11.8 Å². The van der Waals surface area contributed by atoms with Crippen LogP contribution in [0.4, 0.5) is 10.5 Å². The predicted octanol–water partition coefficient (Wildman–Crippen LogP) is 4.28. The van der Waals surface area contributed by atoms with Gasteiger partial charge in [-0.2, -0.15) is 0 Å². The van der Waals surface area contributed by atoms with Crippen molar-refractivity contribution in [2.75, 3.05) is 11.9 Å². The Balaban J connectivity index is 2.10. The number of amides is 1. The number of hydrogen-bond donors (Lipinski definition) is 0. The molecule has 0 heterocycles. The van der Waals surface area contributed by atoms with Crippen molar-refractivity contribution in [1.82, 2.24) is 0 Å². The van der Waals surface area contributed by atoms with E-state index in [4.69, 9.17) is 11.2 Å². The van der Waals surface area contributed by atoms with Crippen LogP contribution in [0.2, 0.25) is 0 Å². The highest BCUT2D eigenvalue weighted by atomic mass is 16.6. The normalized spacial score (nSPS) is 9.82. The molecule has 2 aromatic carbocycles. The Hall–Kier alpha value is -2.73. The lowest BCUT2D eigenvalue weighted by molar-refractivity contribution is 0.209. The molecule has 22 heavy (non-hydrogen) atoms. The molecule has 0 fully saturated rings. The highest BCUT2D eigenvalue weighted by molar-refractivity contribution is 5.89. The second kappa shape index (κ2) is 7.90. The molecule has 0 atom stereocenters. The Morgan fingerprint density at radius 3 is 2.55 bits per heavy atom. The molecule has 0 saturated carbocycles. The van der Waals surface area contributed by atoms with Crippen LogP contribution in [0.5, 0.6) is 5.75 Å².